The molecule has 0 spiro atoms. The van der Waals surface area contributed by atoms with Gasteiger partial charge in [0.1, 0.15) is 5.54 Å². The quantitative estimate of drug-likeness (QED) is 0.869. The Bertz CT molecular complexity index is 434. The Hall–Kier alpha value is -0.610. The molecule has 4 aliphatic rings. The first-order valence-corrected chi connectivity index (χ1v) is 9.41. The lowest BCUT2D eigenvalue weighted by Crippen LogP contribution is -2.59. The van der Waals surface area contributed by atoms with E-state index in [9.17, 15) is 9.90 Å². The first-order chi connectivity index (χ1) is 10.6. The molecule has 124 valence electrons. The third kappa shape index (κ3) is 2.39. The second kappa shape index (κ2) is 5.48. The van der Waals surface area contributed by atoms with Crippen LogP contribution >= 0.6 is 0 Å². The van der Waals surface area contributed by atoms with Crippen LogP contribution in [0.1, 0.15) is 64.2 Å². The summed E-state index contributed by atoms with van der Waals surface area (Å²) in [5.74, 6) is 0.711. The minimum absolute atomic E-state index is 0.190. The second-order valence-electron chi connectivity index (χ2n) is 8.13. The zero-order chi connectivity index (χ0) is 15.2. The molecule has 4 fully saturated rings. The number of piperidine rings is 1. The zero-order valence-corrected chi connectivity index (χ0v) is 13.7. The van der Waals surface area contributed by atoms with Gasteiger partial charge in [-0.15, -0.1) is 0 Å². The van der Waals surface area contributed by atoms with Gasteiger partial charge in [0.05, 0.1) is 5.60 Å². The highest BCUT2D eigenvalue weighted by Gasteiger charge is 2.52. The molecule has 4 rings (SSSR count). The topological polar surface area (TPSA) is 43.8 Å². The number of hydrogen-bond donors (Lipinski definition) is 1. The monoisotopic (exact) mass is 306 g/mol. The summed E-state index contributed by atoms with van der Waals surface area (Å²) in [6.07, 6.45) is 11.0. The van der Waals surface area contributed by atoms with Crippen LogP contribution in [0.25, 0.3) is 0 Å². The number of aliphatic hydroxyl groups is 1. The lowest BCUT2D eigenvalue weighted by Gasteiger charge is -2.44. The van der Waals surface area contributed by atoms with Gasteiger partial charge in [0.15, 0.2) is 0 Å². The fourth-order valence-corrected chi connectivity index (χ4v) is 5.20. The average Bonchev–Trinajstić information content (AvgIpc) is 3.02. The van der Waals surface area contributed by atoms with E-state index in [1.807, 2.05) is 0 Å². The van der Waals surface area contributed by atoms with Crippen molar-refractivity contribution in [2.24, 2.45) is 5.92 Å². The van der Waals surface area contributed by atoms with E-state index >= 15 is 0 Å². The van der Waals surface area contributed by atoms with Crippen LogP contribution in [0, 0.1) is 5.92 Å². The van der Waals surface area contributed by atoms with E-state index in [2.05, 4.69) is 9.80 Å². The maximum absolute atomic E-state index is 13.4. The fraction of sp³-hybridized carbons (Fsp3) is 0.944. The Morgan fingerprint density at radius 3 is 2.23 bits per heavy atom. The number of amides is 1. The molecule has 0 aromatic carbocycles. The summed E-state index contributed by atoms with van der Waals surface area (Å²) in [4.78, 5) is 18.0. The molecule has 0 bridgehead atoms. The Labute approximate surface area is 133 Å². The Kier molecular flexibility index (Phi) is 3.73. The SMILES string of the molecule is O=C(N1CCCC(C2(O)CC2)C1)C1(N2CCCC2)CCCC1. The van der Waals surface area contributed by atoms with Crippen molar-refractivity contribution >= 4 is 5.91 Å². The summed E-state index contributed by atoms with van der Waals surface area (Å²) in [6, 6.07) is 0. The molecule has 0 aromatic heterocycles. The van der Waals surface area contributed by atoms with E-state index in [-0.39, 0.29) is 5.54 Å². The summed E-state index contributed by atoms with van der Waals surface area (Å²) >= 11 is 0. The highest BCUT2D eigenvalue weighted by molar-refractivity contribution is 5.87. The van der Waals surface area contributed by atoms with Crippen molar-refractivity contribution in [3.05, 3.63) is 0 Å². The van der Waals surface area contributed by atoms with E-state index in [1.54, 1.807) is 0 Å². The fourth-order valence-electron chi connectivity index (χ4n) is 5.20. The molecule has 1 amide bonds. The molecule has 4 heteroatoms. The Morgan fingerprint density at radius 1 is 0.909 bits per heavy atom. The van der Waals surface area contributed by atoms with Crippen LogP contribution in [-0.2, 0) is 4.79 Å². The van der Waals surface area contributed by atoms with Gasteiger partial charge in [0, 0.05) is 19.0 Å². The molecule has 22 heavy (non-hydrogen) atoms. The maximum Gasteiger partial charge on any atom is 0.243 e. The van der Waals surface area contributed by atoms with Crippen LogP contribution < -0.4 is 0 Å². The molecule has 2 aliphatic heterocycles. The zero-order valence-electron chi connectivity index (χ0n) is 13.7. The highest BCUT2D eigenvalue weighted by atomic mass is 16.3. The number of carbonyl (C=O) groups excluding carboxylic acids is 1. The maximum atomic E-state index is 13.4. The molecular formula is C18H30N2O2. The summed E-state index contributed by atoms with van der Waals surface area (Å²) in [7, 11) is 0. The second-order valence-corrected chi connectivity index (χ2v) is 8.13. The Morgan fingerprint density at radius 2 is 1.59 bits per heavy atom. The number of carbonyl (C=O) groups is 1. The Balaban J connectivity index is 1.51. The number of nitrogens with zero attached hydrogens (tertiary/aromatic N) is 2. The van der Waals surface area contributed by atoms with Crippen LogP contribution in [0.4, 0.5) is 0 Å². The van der Waals surface area contributed by atoms with Crippen molar-refractivity contribution in [2.75, 3.05) is 26.2 Å². The van der Waals surface area contributed by atoms with Crippen LogP contribution in [0.2, 0.25) is 0 Å². The summed E-state index contributed by atoms with van der Waals surface area (Å²) in [5.41, 5.74) is -0.625. The molecule has 1 atom stereocenters. The molecule has 1 unspecified atom stereocenters. The standard InChI is InChI=1S/C18H30N2O2/c21-16(17(7-1-2-8-17)20-12-3-4-13-20)19-11-5-6-15(14-19)18(22)9-10-18/h15,22H,1-14H2. The minimum Gasteiger partial charge on any atom is -0.390 e. The van der Waals surface area contributed by atoms with Crippen molar-refractivity contribution in [1.82, 2.24) is 9.80 Å². The first-order valence-electron chi connectivity index (χ1n) is 9.41. The van der Waals surface area contributed by atoms with Gasteiger partial charge in [-0.25, -0.2) is 0 Å². The van der Waals surface area contributed by atoms with E-state index in [4.69, 9.17) is 0 Å². The van der Waals surface area contributed by atoms with Crippen LogP contribution in [0.3, 0.4) is 0 Å². The molecule has 4 nitrogen and oxygen atoms in total. The molecule has 0 radical (unpaired) electrons. The third-order valence-corrected chi connectivity index (χ3v) is 6.77. The van der Waals surface area contributed by atoms with E-state index in [1.165, 1.54) is 25.7 Å². The van der Waals surface area contributed by atoms with Gasteiger partial charge in [-0.1, -0.05) is 12.8 Å². The van der Waals surface area contributed by atoms with Gasteiger partial charge >= 0.3 is 0 Å². The lowest BCUT2D eigenvalue weighted by molar-refractivity contribution is -0.147. The predicted molar refractivity (Wildman–Crippen MR) is 85.5 cm³/mol. The molecule has 2 aliphatic carbocycles. The van der Waals surface area contributed by atoms with Gasteiger partial charge in [-0.2, -0.15) is 0 Å². The van der Waals surface area contributed by atoms with Gasteiger partial charge in [0.25, 0.3) is 0 Å². The van der Waals surface area contributed by atoms with E-state index < -0.39 is 5.60 Å². The van der Waals surface area contributed by atoms with Crippen LogP contribution in [0.5, 0.6) is 0 Å². The van der Waals surface area contributed by atoms with E-state index in [0.717, 1.165) is 64.7 Å². The molecule has 1 N–H and O–H groups in total. The van der Waals surface area contributed by atoms with Gasteiger partial charge in [-0.3, -0.25) is 9.69 Å². The smallest absolute Gasteiger partial charge is 0.243 e. The van der Waals surface area contributed by atoms with Crippen LogP contribution in [0.15, 0.2) is 0 Å². The van der Waals surface area contributed by atoms with Crippen LogP contribution in [-0.4, -0.2) is 58.1 Å². The number of likely N-dealkylation sites (tertiary alicyclic amines) is 2. The molecular weight excluding hydrogens is 276 g/mol. The molecule has 0 aromatic rings. The van der Waals surface area contributed by atoms with Crippen molar-refractivity contribution < 1.29 is 9.90 Å². The number of rotatable bonds is 3. The van der Waals surface area contributed by atoms with Gasteiger partial charge in [-0.05, 0) is 64.5 Å². The predicted octanol–water partition coefficient (Wildman–Crippen LogP) is 2.16. The third-order valence-electron chi connectivity index (χ3n) is 6.77. The van der Waals surface area contributed by atoms with Crippen molar-refractivity contribution in [3.8, 4) is 0 Å². The molecule has 2 heterocycles. The first kappa shape index (κ1) is 14.9. The minimum atomic E-state index is -0.435. The summed E-state index contributed by atoms with van der Waals surface area (Å²) in [6.45, 7) is 3.91. The number of hydrogen-bond acceptors (Lipinski definition) is 3. The lowest BCUT2D eigenvalue weighted by atomic mass is 9.87. The van der Waals surface area contributed by atoms with Crippen molar-refractivity contribution in [1.29, 1.82) is 0 Å². The summed E-state index contributed by atoms with van der Waals surface area (Å²) in [5, 5.41) is 10.4. The van der Waals surface area contributed by atoms with Gasteiger partial charge in [0.2, 0.25) is 5.91 Å². The van der Waals surface area contributed by atoms with E-state index in [0.29, 0.717) is 11.8 Å². The normalized spacial score (nSPS) is 34.0. The van der Waals surface area contributed by atoms with Crippen molar-refractivity contribution in [3.63, 3.8) is 0 Å². The van der Waals surface area contributed by atoms with Crippen molar-refractivity contribution in [2.45, 2.75) is 75.3 Å². The average molecular weight is 306 g/mol. The summed E-state index contributed by atoms with van der Waals surface area (Å²) < 4.78 is 0. The molecule has 2 saturated heterocycles. The molecule has 2 saturated carbocycles. The highest BCUT2D eigenvalue weighted by Crippen LogP contribution is 2.46. The van der Waals surface area contributed by atoms with Gasteiger partial charge < -0.3 is 10.0 Å². The largest absolute Gasteiger partial charge is 0.390 e.